The van der Waals surface area contributed by atoms with Gasteiger partial charge in [-0.05, 0) is 69.5 Å². The Bertz CT molecular complexity index is 775. The molecule has 1 amide bonds. The van der Waals surface area contributed by atoms with Gasteiger partial charge < -0.3 is 14.6 Å². The van der Waals surface area contributed by atoms with Gasteiger partial charge in [-0.25, -0.2) is 0 Å². The fraction of sp³-hybridized carbons (Fsp3) is 0.565. The van der Waals surface area contributed by atoms with Gasteiger partial charge in [0.15, 0.2) is 0 Å². The summed E-state index contributed by atoms with van der Waals surface area (Å²) in [4.78, 5) is 21.7. The Morgan fingerprint density at radius 2 is 1.93 bits per heavy atom. The van der Waals surface area contributed by atoms with E-state index < -0.39 is 0 Å². The summed E-state index contributed by atoms with van der Waals surface area (Å²) in [5.74, 6) is 2.39. The Morgan fingerprint density at radius 1 is 1.14 bits per heavy atom. The van der Waals surface area contributed by atoms with Gasteiger partial charge in [0.1, 0.15) is 11.5 Å². The summed E-state index contributed by atoms with van der Waals surface area (Å²) in [6, 6.07) is 8.69. The first-order chi connectivity index (χ1) is 14.2. The van der Waals surface area contributed by atoms with E-state index in [-0.39, 0.29) is 11.8 Å². The normalized spacial score (nSPS) is 20.0. The van der Waals surface area contributed by atoms with Crippen LogP contribution >= 0.6 is 0 Å². The molecular formula is C23H32N4O2. The molecule has 0 radical (unpaired) electrons. The van der Waals surface area contributed by atoms with Crippen molar-refractivity contribution in [3.63, 3.8) is 0 Å². The lowest BCUT2D eigenvalue weighted by atomic mass is 9.92. The Hall–Kier alpha value is -2.18. The van der Waals surface area contributed by atoms with E-state index in [0.29, 0.717) is 12.6 Å². The number of nitrogens with one attached hydrogen (secondary N) is 1. The molecule has 0 aromatic carbocycles. The highest BCUT2D eigenvalue weighted by Gasteiger charge is 2.30. The van der Waals surface area contributed by atoms with Crippen molar-refractivity contribution in [2.45, 2.75) is 51.7 Å². The number of likely N-dealkylation sites (tertiary alicyclic amines) is 2. The number of furan rings is 1. The highest BCUT2D eigenvalue weighted by Crippen LogP contribution is 2.25. The zero-order valence-corrected chi connectivity index (χ0v) is 17.3. The molecule has 0 unspecified atom stereocenters. The highest BCUT2D eigenvalue weighted by molar-refractivity contribution is 5.78. The van der Waals surface area contributed by atoms with E-state index >= 15 is 0 Å². The number of hydrogen-bond acceptors (Lipinski definition) is 5. The molecule has 4 rings (SSSR count). The van der Waals surface area contributed by atoms with Crippen molar-refractivity contribution in [3.8, 4) is 0 Å². The van der Waals surface area contributed by atoms with Crippen molar-refractivity contribution in [2.75, 3.05) is 26.2 Å². The molecule has 2 aliphatic heterocycles. The number of aryl methyl sites for hydroxylation is 1. The minimum atomic E-state index is 0.144. The molecule has 2 saturated heterocycles. The first-order valence-electron chi connectivity index (χ1n) is 10.9. The Labute approximate surface area is 173 Å². The molecule has 0 aliphatic carbocycles. The summed E-state index contributed by atoms with van der Waals surface area (Å²) >= 11 is 0. The third kappa shape index (κ3) is 5.46. The van der Waals surface area contributed by atoms with Crippen LogP contribution in [0.15, 0.2) is 41.1 Å². The molecule has 6 heteroatoms. The van der Waals surface area contributed by atoms with Gasteiger partial charge in [-0.2, -0.15) is 0 Å². The van der Waals surface area contributed by atoms with Gasteiger partial charge in [-0.3, -0.25) is 14.7 Å². The van der Waals surface area contributed by atoms with Crippen molar-refractivity contribution >= 4 is 5.91 Å². The Kier molecular flexibility index (Phi) is 6.62. The second-order valence-corrected chi connectivity index (χ2v) is 8.41. The average molecular weight is 397 g/mol. The third-order valence-electron chi connectivity index (χ3n) is 6.34. The molecule has 0 spiro atoms. The summed E-state index contributed by atoms with van der Waals surface area (Å²) < 4.78 is 5.72. The molecule has 0 saturated carbocycles. The number of piperidine rings is 2. The van der Waals surface area contributed by atoms with Gasteiger partial charge in [0.2, 0.25) is 5.91 Å². The number of aromatic nitrogens is 1. The number of rotatable bonds is 6. The van der Waals surface area contributed by atoms with Gasteiger partial charge in [0.25, 0.3) is 0 Å². The first-order valence-corrected chi connectivity index (χ1v) is 10.9. The van der Waals surface area contributed by atoms with Crippen LogP contribution in [0.1, 0.15) is 42.8 Å². The number of carbonyl (C=O) groups is 1. The summed E-state index contributed by atoms with van der Waals surface area (Å²) in [5, 5.41) is 3.08. The number of nitrogens with zero attached hydrogens (tertiary/aromatic N) is 3. The van der Waals surface area contributed by atoms with Crippen LogP contribution in [0.5, 0.6) is 0 Å². The maximum atomic E-state index is 12.5. The van der Waals surface area contributed by atoms with Crippen LogP contribution in [0, 0.1) is 12.8 Å². The first kappa shape index (κ1) is 20.1. The summed E-state index contributed by atoms with van der Waals surface area (Å²) in [7, 11) is 0. The second kappa shape index (κ2) is 9.55. The SMILES string of the molecule is Cc1ccc(CN2CCC(N3CCC(C(=O)NCc4cccnc4)CC3)CC2)o1. The van der Waals surface area contributed by atoms with Crippen LogP contribution in [0.3, 0.4) is 0 Å². The molecule has 6 nitrogen and oxygen atoms in total. The lowest BCUT2D eigenvalue weighted by molar-refractivity contribution is -0.126. The molecule has 0 atom stereocenters. The maximum Gasteiger partial charge on any atom is 0.223 e. The fourth-order valence-electron chi connectivity index (χ4n) is 4.60. The van der Waals surface area contributed by atoms with Gasteiger partial charge in [-0.15, -0.1) is 0 Å². The van der Waals surface area contributed by atoms with Crippen LogP contribution in [0.2, 0.25) is 0 Å². The lowest BCUT2D eigenvalue weighted by Gasteiger charge is -2.41. The van der Waals surface area contributed by atoms with Crippen LogP contribution in [0.25, 0.3) is 0 Å². The minimum absolute atomic E-state index is 0.144. The van der Waals surface area contributed by atoms with Crippen molar-refractivity contribution in [3.05, 3.63) is 53.7 Å². The van der Waals surface area contributed by atoms with Crippen LogP contribution < -0.4 is 5.32 Å². The molecule has 4 heterocycles. The van der Waals surface area contributed by atoms with E-state index in [9.17, 15) is 4.79 Å². The molecule has 2 fully saturated rings. The van der Waals surface area contributed by atoms with Crippen molar-refractivity contribution in [1.82, 2.24) is 20.1 Å². The van der Waals surface area contributed by atoms with Crippen LogP contribution in [0.4, 0.5) is 0 Å². The standard InChI is InChI=1S/C23H32N4O2/c1-18-4-5-22(29-18)17-26-11-8-21(9-12-26)27-13-6-20(7-14-27)23(28)25-16-19-3-2-10-24-15-19/h2-5,10,15,20-21H,6-9,11-14,16-17H2,1H3,(H,25,28). The van der Waals surface area contributed by atoms with Gasteiger partial charge in [0.05, 0.1) is 6.54 Å². The van der Waals surface area contributed by atoms with E-state index in [2.05, 4.69) is 26.2 Å². The largest absolute Gasteiger partial charge is 0.465 e. The number of pyridine rings is 1. The van der Waals surface area contributed by atoms with E-state index in [1.807, 2.05) is 31.3 Å². The van der Waals surface area contributed by atoms with Crippen molar-refractivity contribution < 1.29 is 9.21 Å². The predicted molar refractivity (Wildman–Crippen MR) is 112 cm³/mol. The molecule has 1 N–H and O–H groups in total. The average Bonchev–Trinajstić information content (AvgIpc) is 3.18. The smallest absolute Gasteiger partial charge is 0.223 e. The quantitative estimate of drug-likeness (QED) is 0.813. The zero-order valence-electron chi connectivity index (χ0n) is 17.3. The second-order valence-electron chi connectivity index (χ2n) is 8.41. The van der Waals surface area contributed by atoms with Gasteiger partial charge in [0, 0.05) is 44.0 Å². The summed E-state index contributed by atoms with van der Waals surface area (Å²) in [6.07, 6.45) is 7.90. The highest BCUT2D eigenvalue weighted by atomic mass is 16.3. The fourth-order valence-corrected chi connectivity index (χ4v) is 4.60. The van der Waals surface area contributed by atoms with E-state index in [1.165, 1.54) is 12.8 Å². The minimum Gasteiger partial charge on any atom is -0.465 e. The predicted octanol–water partition coefficient (Wildman–Crippen LogP) is 2.98. The summed E-state index contributed by atoms with van der Waals surface area (Å²) in [6.45, 7) is 7.80. The third-order valence-corrected chi connectivity index (χ3v) is 6.34. The topological polar surface area (TPSA) is 61.6 Å². The molecule has 2 aliphatic rings. The maximum absolute atomic E-state index is 12.5. The molecule has 2 aromatic rings. The molecular weight excluding hydrogens is 364 g/mol. The van der Waals surface area contributed by atoms with Gasteiger partial charge in [-0.1, -0.05) is 6.07 Å². The van der Waals surface area contributed by atoms with Crippen LogP contribution in [-0.4, -0.2) is 52.9 Å². The number of hydrogen-bond donors (Lipinski definition) is 1. The number of amides is 1. The Balaban J connectivity index is 1.17. The monoisotopic (exact) mass is 396 g/mol. The molecule has 29 heavy (non-hydrogen) atoms. The zero-order chi connectivity index (χ0) is 20.1. The number of carbonyl (C=O) groups excluding carboxylic acids is 1. The molecule has 0 bridgehead atoms. The van der Waals surface area contributed by atoms with Crippen molar-refractivity contribution in [1.29, 1.82) is 0 Å². The van der Waals surface area contributed by atoms with E-state index in [0.717, 1.165) is 62.6 Å². The Morgan fingerprint density at radius 3 is 2.59 bits per heavy atom. The van der Waals surface area contributed by atoms with Crippen molar-refractivity contribution in [2.24, 2.45) is 5.92 Å². The molecule has 2 aromatic heterocycles. The van der Waals surface area contributed by atoms with Gasteiger partial charge >= 0.3 is 0 Å². The molecule has 156 valence electrons. The van der Waals surface area contributed by atoms with Crippen LogP contribution in [-0.2, 0) is 17.9 Å². The summed E-state index contributed by atoms with van der Waals surface area (Å²) in [5.41, 5.74) is 1.05. The van der Waals surface area contributed by atoms with E-state index in [1.54, 1.807) is 6.20 Å². The lowest BCUT2D eigenvalue weighted by Crippen LogP contribution is -2.49. The van der Waals surface area contributed by atoms with E-state index in [4.69, 9.17) is 4.42 Å².